The van der Waals surface area contributed by atoms with Gasteiger partial charge < -0.3 is 5.32 Å². The van der Waals surface area contributed by atoms with Crippen molar-refractivity contribution in [3.05, 3.63) is 71.8 Å². The standard InChI is InChI=1S/C26H30N2O3/c29-24(16-18-28-25(30)22-13-7-8-14-23(22)26(28)31)27-17-15-21(19-9-3-1-4-10-19)20-11-5-2-6-12-20/h1-6,9-12,21-23H,7-8,13-18H2,(H,27,29)/t22-,23-/m1/s1. The molecule has 0 bridgehead atoms. The van der Waals surface area contributed by atoms with Gasteiger partial charge in [-0.3, -0.25) is 19.3 Å². The molecule has 2 fully saturated rings. The second-order valence-corrected chi connectivity index (χ2v) is 8.59. The van der Waals surface area contributed by atoms with Crippen LogP contribution >= 0.6 is 0 Å². The van der Waals surface area contributed by atoms with Gasteiger partial charge in [-0.2, -0.15) is 0 Å². The van der Waals surface area contributed by atoms with Crippen LogP contribution in [0.5, 0.6) is 0 Å². The Hall–Kier alpha value is -2.95. The molecule has 31 heavy (non-hydrogen) atoms. The number of carbonyl (C=O) groups excluding carboxylic acids is 3. The number of carbonyl (C=O) groups is 3. The summed E-state index contributed by atoms with van der Waals surface area (Å²) >= 11 is 0. The number of nitrogens with one attached hydrogen (secondary N) is 1. The fourth-order valence-corrected chi connectivity index (χ4v) is 5.01. The van der Waals surface area contributed by atoms with Gasteiger partial charge in [0.05, 0.1) is 11.8 Å². The average Bonchev–Trinajstić information content (AvgIpc) is 3.06. The second-order valence-electron chi connectivity index (χ2n) is 8.59. The number of nitrogens with zero attached hydrogens (tertiary/aromatic N) is 1. The molecule has 5 nitrogen and oxygen atoms in total. The molecule has 1 aliphatic heterocycles. The third-order valence-electron chi connectivity index (χ3n) is 6.65. The maximum Gasteiger partial charge on any atom is 0.233 e. The smallest absolute Gasteiger partial charge is 0.233 e. The first kappa shape index (κ1) is 21.3. The lowest BCUT2D eigenvalue weighted by Crippen LogP contribution is -2.35. The minimum absolute atomic E-state index is 0.0734. The molecule has 1 saturated heterocycles. The molecule has 0 radical (unpaired) electrons. The van der Waals surface area contributed by atoms with Gasteiger partial charge >= 0.3 is 0 Å². The lowest BCUT2D eigenvalue weighted by molar-refractivity contribution is -0.140. The SMILES string of the molecule is O=C(CCN1C(=O)[C@@H]2CCCC[C@H]2C1=O)NCCC(c1ccccc1)c1ccccc1. The van der Waals surface area contributed by atoms with Crippen LogP contribution in [0.15, 0.2) is 60.7 Å². The largest absolute Gasteiger partial charge is 0.356 e. The van der Waals surface area contributed by atoms with E-state index in [1.807, 2.05) is 36.4 Å². The summed E-state index contributed by atoms with van der Waals surface area (Å²) in [5.74, 6) is -0.363. The van der Waals surface area contributed by atoms with Crippen molar-refractivity contribution in [2.75, 3.05) is 13.1 Å². The van der Waals surface area contributed by atoms with Gasteiger partial charge in [0, 0.05) is 25.4 Å². The molecule has 4 rings (SSSR count). The number of amides is 3. The van der Waals surface area contributed by atoms with E-state index >= 15 is 0 Å². The van der Waals surface area contributed by atoms with Crippen molar-refractivity contribution in [1.82, 2.24) is 10.2 Å². The fraction of sp³-hybridized carbons (Fsp3) is 0.423. The highest BCUT2D eigenvalue weighted by molar-refractivity contribution is 6.05. The predicted molar refractivity (Wildman–Crippen MR) is 119 cm³/mol. The van der Waals surface area contributed by atoms with Crippen LogP contribution in [0.2, 0.25) is 0 Å². The van der Waals surface area contributed by atoms with Crippen LogP contribution in [-0.4, -0.2) is 35.7 Å². The zero-order valence-corrected chi connectivity index (χ0v) is 17.8. The molecule has 0 unspecified atom stereocenters. The van der Waals surface area contributed by atoms with Gasteiger partial charge in [0.1, 0.15) is 0 Å². The Kier molecular flexibility index (Phi) is 6.80. The molecule has 2 aromatic carbocycles. The van der Waals surface area contributed by atoms with E-state index in [1.54, 1.807) is 0 Å². The van der Waals surface area contributed by atoms with Gasteiger partial charge in [-0.1, -0.05) is 73.5 Å². The molecular weight excluding hydrogens is 388 g/mol. The van der Waals surface area contributed by atoms with E-state index in [0.717, 1.165) is 32.1 Å². The zero-order chi connectivity index (χ0) is 21.6. The number of rotatable bonds is 8. The number of fused-ring (bicyclic) bond motifs is 1. The Balaban J connectivity index is 1.29. The molecule has 0 spiro atoms. The normalized spacial score (nSPS) is 20.7. The molecule has 2 aromatic rings. The minimum atomic E-state index is -0.151. The summed E-state index contributed by atoms with van der Waals surface area (Å²) in [7, 11) is 0. The molecular formula is C26H30N2O3. The highest BCUT2D eigenvalue weighted by Gasteiger charge is 2.47. The highest BCUT2D eigenvalue weighted by atomic mass is 16.2. The first-order valence-corrected chi connectivity index (χ1v) is 11.4. The number of imide groups is 1. The fourth-order valence-electron chi connectivity index (χ4n) is 5.01. The molecule has 2 atom stereocenters. The van der Waals surface area contributed by atoms with Crippen LogP contribution in [0, 0.1) is 11.8 Å². The lowest BCUT2D eigenvalue weighted by atomic mass is 9.81. The van der Waals surface area contributed by atoms with Crippen molar-refractivity contribution in [3.63, 3.8) is 0 Å². The third kappa shape index (κ3) is 4.87. The number of benzene rings is 2. The third-order valence-corrected chi connectivity index (χ3v) is 6.65. The molecule has 0 aromatic heterocycles. The van der Waals surface area contributed by atoms with E-state index in [9.17, 15) is 14.4 Å². The van der Waals surface area contributed by atoms with Crippen LogP contribution < -0.4 is 5.32 Å². The van der Waals surface area contributed by atoms with E-state index in [1.165, 1.54) is 16.0 Å². The average molecular weight is 419 g/mol. The molecule has 1 N–H and O–H groups in total. The maximum atomic E-state index is 12.6. The number of hydrogen-bond donors (Lipinski definition) is 1. The molecule has 1 aliphatic carbocycles. The number of hydrogen-bond acceptors (Lipinski definition) is 3. The van der Waals surface area contributed by atoms with Gasteiger partial charge in [-0.15, -0.1) is 0 Å². The van der Waals surface area contributed by atoms with E-state index < -0.39 is 0 Å². The summed E-state index contributed by atoms with van der Waals surface area (Å²) in [5, 5.41) is 2.98. The van der Waals surface area contributed by atoms with Crippen molar-refractivity contribution in [2.24, 2.45) is 11.8 Å². The van der Waals surface area contributed by atoms with Crippen LogP contribution in [0.1, 0.15) is 55.6 Å². The topological polar surface area (TPSA) is 66.5 Å². The van der Waals surface area contributed by atoms with E-state index in [0.29, 0.717) is 6.54 Å². The molecule has 162 valence electrons. The molecule has 1 saturated carbocycles. The number of likely N-dealkylation sites (tertiary alicyclic amines) is 1. The minimum Gasteiger partial charge on any atom is -0.356 e. The highest BCUT2D eigenvalue weighted by Crippen LogP contribution is 2.38. The van der Waals surface area contributed by atoms with E-state index in [2.05, 4.69) is 29.6 Å². The van der Waals surface area contributed by atoms with Gasteiger partial charge in [0.2, 0.25) is 17.7 Å². The van der Waals surface area contributed by atoms with Crippen LogP contribution in [0.25, 0.3) is 0 Å². The Labute approximate surface area is 183 Å². The van der Waals surface area contributed by atoms with Crippen LogP contribution in [-0.2, 0) is 14.4 Å². The van der Waals surface area contributed by atoms with Gasteiger partial charge in [-0.25, -0.2) is 0 Å². The first-order valence-electron chi connectivity index (χ1n) is 11.4. The van der Waals surface area contributed by atoms with Crippen molar-refractivity contribution >= 4 is 17.7 Å². The molecule has 3 amide bonds. The van der Waals surface area contributed by atoms with Crippen LogP contribution in [0.3, 0.4) is 0 Å². The summed E-state index contributed by atoms with van der Waals surface area (Å²) in [6.07, 6.45) is 4.58. The molecule has 5 heteroatoms. The summed E-state index contributed by atoms with van der Waals surface area (Å²) in [5.41, 5.74) is 2.44. The van der Waals surface area contributed by atoms with Crippen molar-refractivity contribution < 1.29 is 14.4 Å². The van der Waals surface area contributed by atoms with E-state index in [-0.39, 0.29) is 48.4 Å². The summed E-state index contributed by atoms with van der Waals surface area (Å²) in [4.78, 5) is 38.9. The predicted octanol–water partition coefficient (Wildman–Crippen LogP) is 3.89. The summed E-state index contributed by atoms with van der Waals surface area (Å²) < 4.78 is 0. The van der Waals surface area contributed by atoms with Gasteiger partial charge in [0.15, 0.2) is 0 Å². The van der Waals surface area contributed by atoms with Crippen LogP contribution in [0.4, 0.5) is 0 Å². The van der Waals surface area contributed by atoms with E-state index in [4.69, 9.17) is 0 Å². The Morgan fingerprint density at radius 3 is 1.90 bits per heavy atom. The monoisotopic (exact) mass is 418 g/mol. The van der Waals surface area contributed by atoms with Crippen molar-refractivity contribution in [1.29, 1.82) is 0 Å². The van der Waals surface area contributed by atoms with Crippen molar-refractivity contribution in [3.8, 4) is 0 Å². The first-order chi connectivity index (χ1) is 15.1. The Morgan fingerprint density at radius 2 is 1.39 bits per heavy atom. The maximum absolute atomic E-state index is 12.6. The molecule has 1 heterocycles. The quantitative estimate of drug-likeness (QED) is 0.662. The van der Waals surface area contributed by atoms with Gasteiger partial charge in [-0.05, 0) is 30.4 Å². The van der Waals surface area contributed by atoms with Gasteiger partial charge in [0.25, 0.3) is 0 Å². The second kappa shape index (κ2) is 9.90. The summed E-state index contributed by atoms with van der Waals surface area (Å²) in [6.45, 7) is 0.734. The Bertz CT molecular complexity index is 849. The Morgan fingerprint density at radius 1 is 0.871 bits per heavy atom. The van der Waals surface area contributed by atoms with Crippen molar-refractivity contribution in [2.45, 2.75) is 44.4 Å². The summed E-state index contributed by atoms with van der Waals surface area (Å²) in [6, 6.07) is 20.6. The lowest BCUT2D eigenvalue weighted by Gasteiger charge is -2.19. The zero-order valence-electron chi connectivity index (χ0n) is 17.8. The molecule has 2 aliphatic rings.